The van der Waals surface area contributed by atoms with Crippen LogP contribution in [-0.2, 0) is 19.1 Å². The van der Waals surface area contributed by atoms with E-state index in [1.54, 1.807) is 6.92 Å². The van der Waals surface area contributed by atoms with Gasteiger partial charge in [-0.05, 0) is 46.7 Å². The molecule has 5 N–H and O–H groups in total. The summed E-state index contributed by atoms with van der Waals surface area (Å²) in [5.74, 6) is -1.53. The third-order valence-electron chi connectivity index (χ3n) is 2.22. The lowest BCUT2D eigenvalue weighted by atomic mass is 10.2. The first-order valence-electron chi connectivity index (χ1n) is 7.66. The number of unbranched alkanes of at least 4 members (excludes halogenated alkanes) is 3. The zero-order valence-electron chi connectivity index (χ0n) is 14.6. The minimum Gasteiger partial charge on any atom is -0.478 e. The van der Waals surface area contributed by atoms with Gasteiger partial charge in [-0.25, -0.2) is 4.79 Å². The van der Waals surface area contributed by atoms with Crippen molar-refractivity contribution in [2.24, 2.45) is 11.5 Å². The smallest absolute Gasteiger partial charge is 0.330 e. The molecule has 23 heavy (non-hydrogen) atoms. The summed E-state index contributed by atoms with van der Waals surface area (Å²) in [4.78, 5) is 30.2. The van der Waals surface area contributed by atoms with E-state index in [1.807, 2.05) is 0 Å². The van der Waals surface area contributed by atoms with Crippen LogP contribution in [-0.4, -0.2) is 42.5 Å². The van der Waals surface area contributed by atoms with E-state index in [2.05, 4.69) is 11.3 Å². The van der Waals surface area contributed by atoms with Gasteiger partial charge < -0.3 is 21.3 Å². The summed E-state index contributed by atoms with van der Waals surface area (Å²) in [6, 6.07) is 0. The highest BCUT2D eigenvalue weighted by molar-refractivity contribution is 5.94. The SMILES string of the molecule is C=C(C)C(=O)O.CCOC(=O)CC(C)=O.NCCCCCCN. The summed E-state index contributed by atoms with van der Waals surface area (Å²) in [5.41, 5.74) is 10.7. The van der Waals surface area contributed by atoms with Crippen molar-refractivity contribution < 1.29 is 24.2 Å². The van der Waals surface area contributed by atoms with Gasteiger partial charge in [-0.1, -0.05) is 19.4 Å². The van der Waals surface area contributed by atoms with Crippen molar-refractivity contribution in [2.75, 3.05) is 19.7 Å². The average Bonchev–Trinajstić information content (AvgIpc) is 2.44. The molecule has 0 aliphatic rings. The molecule has 0 heterocycles. The van der Waals surface area contributed by atoms with E-state index in [0.29, 0.717) is 6.61 Å². The number of carboxylic acid groups (broad SMARTS) is 1. The molecule has 0 aliphatic heterocycles. The highest BCUT2D eigenvalue weighted by Crippen LogP contribution is 1.95. The summed E-state index contributed by atoms with van der Waals surface area (Å²) >= 11 is 0. The molecule has 0 saturated carbocycles. The third kappa shape index (κ3) is 33.2. The molecule has 0 rings (SSSR count). The maximum atomic E-state index is 10.4. The number of carbonyl (C=O) groups excluding carboxylic acids is 2. The molecule has 0 aromatic heterocycles. The number of rotatable bonds is 9. The molecular formula is C16H32N2O5. The van der Waals surface area contributed by atoms with Crippen molar-refractivity contribution in [3.63, 3.8) is 0 Å². The molecule has 0 fully saturated rings. The van der Waals surface area contributed by atoms with Crippen LogP contribution in [0, 0.1) is 0 Å². The fourth-order valence-corrected chi connectivity index (χ4v) is 1.06. The highest BCUT2D eigenvalue weighted by atomic mass is 16.5. The number of ether oxygens (including phenoxy) is 1. The van der Waals surface area contributed by atoms with Gasteiger partial charge in [-0.15, -0.1) is 0 Å². The molecule has 0 unspecified atom stereocenters. The number of hydrogen-bond donors (Lipinski definition) is 3. The number of Topliss-reactive ketones (excluding diaryl/α,β-unsaturated/α-hetero) is 1. The van der Waals surface area contributed by atoms with Gasteiger partial charge in [0, 0.05) is 5.57 Å². The largest absolute Gasteiger partial charge is 0.478 e. The van der Waals surface area contributed by atoms with Crippen LogP contribution < -0.4 is 11.5 Å². The Kier molecular flexibility index (Phi) is 23.1. The second-order valence-corrected chi connectivity index (χ2v) is 4.76. The molecule has 0 bridgehead atoms. The minimum absolute atomic E-state index is 0.103. The number of hydrogen-bond acceptors (Lipinski definition) is 6. The van der Waals surface area contributed by atoms with E-state index in [-0.39, 0.29) is 17.8 Å². The molecule has 0 radical (unpaired) electrons. The van der Waals surface area contributed by atoms with Gasteiger partial charge in [0.05, 0.1) is 6.61 Å². The summed E-state index contributed by atoms with van der Waals surface area (Å²) in [7, 11) is 0. The number of esters is 1. The Morgan fingerprint density at radius 1 is 1.00 bits per heavy atom. The monoisotopic (exact) mass is 332 g/mol. The fourth-order valence-electron chi connectivity index (χ4n) is 1.06. The van der Waals surface area contributed by atoms with Crippen LogP contribution in [0.4, 0.5) is 0 Å². The van der Waals surface area contributed by atoms with Crippen molar-refractivity contribution in [3.8, 4) is 0 Å². The van der Waals surface area contributed by atoms with Crippen LogP contribution >= 0.6 is 0 Å². The van der Waals surface area contributed by atoms with Crippen molar-refractivity contribution in [1.29, 1.82) is 0 Å². The molecular weight excluding hydrogens is 300 g/mol. The first kappa shape index (κ1) is 26.2. The van der Waals surface area contributed by atoms with E-state index in [1.165, 1.54) is 26.7 Å². The lowest BCUT2D eigenvalue weighted by Crippen LogP contribution is -2.07. The van der Waals surface area contributed by atoms with E-state index < -0.39 is 11.9 Å². The van der Waals surface area contributed by atoms with Crippen molar-refractivity contribution in [2.45, 2.75) is 52.9 Å². The van der Waals surface area contributed by atoms with Gasteiger partial charge in [0.2, 0.25) is 0 Å². The average molecular weight is 332 g/mol. The Hall–Kier alpha value is -1.73. The molecule has 0 aliphatic carbocycles. The maximum absolute atomic E-state index is 10.4. The van der Waals surface area contributed by atoms with E-state index in [4.69, 9.17) is 16.6 Å². The first-order valence-corrected chi connectivity index (χ1v) is 7.66. The number of nitrogens with two attached hydrogens (primary N) is 2. The Labute approximate surface area is 139 Å². The van der Waals surface area contributed by atoms with Gasteiger partial charge in [0.1, 0.15) is 12.2 Å². The predicted molar refractivity (Wildman–Crippen MR) is 91.0 cm³/mol. The second kappa shape index (κ2) is 20.3. The molecule has 0 saturated heterocycles. The van der Waals surface area contributed by atoms with E-state index in [0.717, 1.165) is 25.9 Å². The molecule has 0 amide bonds. The third-order valence-corrected chi connectivity index (χ3v) is 2.22. The van der Waals surface area contributed by atoms with Crippen LogP contribution in [0.5, 0.6) is 0 Å². The van der Waals surface area contributed by atoms with Crippen molar-refractivity contribution in [1.82, 2.24) is 0 Å². The molecule has 136 valence electrons. The summed E-state index contributed by atoms with van der Waals surface area (Å²) in [6.45, 7) is 9.65. The van der Waals surface area contributed by atoms with E-state index >= 15 is 0 Å². The van der Waals surface area contributed by atoms with E-state index in [9.17, 15) is 14.4 Å². The summed E-state index contributed by atoms with van der Waals surface area (Å²) in [6.07, 6.45) is 4.69. The molecule has 0 aromatic rings. The fraction of sp³-hybridized carbons (Fsp3) is 0.688. The number of aliphatic carboxylic acids is 1. The van der Waals surface area contributed by atoms with Crippen LogP contribution in [0.3, 0.4) is 0 Å². The van der Waals surface area contributed by atoms with Crippen molar-refractivity contribution >= 4 is 17.7 Å². The lowest BCUT2D eigenvalue weighted by Gasteiger charge is -1.96. The van der Waals surface area contributed by atoms with Gasteiger partial charge in [-0.2, -0.15) is 0 Å². The Balaban J connectivity index is -0.000000266. The normalized spacial score (nSPS) is 8.74. The Morgan fingerprint density at radius 3 is 1.61 bits per heavy atom. The van der Waals surface area contributed by atoms with Crippen molar-refractivity contribution in [3.05, 3.63) is 12.2 Å². The zero-order chi connectivity index (χ0) is 18.7. The molecule has 7 nitrogen and oxygen atoms in total. The number of ketones is 1. The predicted octanol–water partition coefficient (Wildman–Crippen LogP) is 1.64. The van der Waals surface area contributed by atoms with Gasteiger partial charge in [-0.3, -0.25) is 9.59 Å². The topological polar surface area (TPSA) is 133 Å². The van der Waals surface area contributed by atoms with Crippen LogP contribution in [0.1, 0.15) is 52.9 Å². The molecule has 0 spiro atoms. The van der Waals surface area contributed by atoms with Crippen LogP contribution in [0.2, 0.25) is 0 Å². The van der Waals surface area contributed by atoms with Crippen LogP contribution in [0.25, 0.3) is 0 Å². The quantitative estimate of drug-likeness (QED) is 0.253. The minimum atomic E-state index is -0.935. The summed E-state index contributed by atoms with van der Waals surface area (Å²) in [5, 5.41) is 7.89. The van der Waals surface area contributed by atoms with Gasteiger partial charge in [0.25, 0.3) is 0 Å². The molecule has 7 heteroatoms. The zero-order valence-corrected chi connectivity index (χ0v) is 14.6. The standard InChI is InChI=1S/C6H16N2.C6H10O3.C4H6O2/c7-5-3-1-2-4-6-8;1-3-9-6(8)4-5(2)7;1-3(2)4(5)6/h1-8H2;3-4H2,1-2H3;1H2,2H3,(H,5,6). The second-order valence-electron chi connectivity index (χ2n) is 4.76. The Bertz CT molecular complexity index is 325. The Morgan fingerprint density at radius 2 is 1.39 bits per heavy atom. The van der Waals surface area contributed by atoms with Gasteiger partial charge in [0.15, 0.2) is 0 Å². The van der Waals surface area contributed by atoms with Crippen LogP contribution in [0.15, 0.2) is 12.2 Å². The highest BCUT2D eigenvalue weighted by Gasteiger charge is 2.03. The number of carboxylic acids is 1. The first-order chi connectivity index (χ1) is 10.7. The molecule has 0 atom stereocenters. The lowest BCUT2D eigenvalue weighted by molar-refractivity contribution is -0.145. The van der Waals surface area contributed by atoms with Gasteiger partial charge >= 0.3 is 11.9 Å². The molecule has 0 aromatic carbocycles. The maximum Gasteiger partial charge on any atom is 0.330 e. The summed E-state index contributed by atoms with van der Waals surface area (Å²) < 4.78 is 4.49. The number of carbonyl (C=O) groups is 3.